The minimum atomic E-state index is -0.392. The van der Waals surface area contributed by atoms with Gasteiger partial charge in [-0.25, -0.2) is 9.37 Å². The molecular weight excluding hydrogens is 501 g/mol. The maximum Gasteiger partial charge on any atom is 0.273 e. The molecule has 0 aliphatic carbocycles. The Morgan fingerprint density at radius 1 is 1.06 bits per heavy atom. The minimum Gasteiger partial charge on any atom is -0.339 e. The van der Waals surface area contributed by atoms with Crippen molar-refractivity contribution in [2.45, 2.75) is 17.8 Å². The molecule has 1 aliphatic rings. The summed E-state index contributed by atoms with van der Waals surface area (Å²) < 4.78 is 16.4. The molecule has 4 aromatic rings. The van der Waals surface area contributed by atoms with Crippen molar-refractivity contribution < 1.29 is 14.0 Å². The highest BCUT2D eigenvalue weighted by Gasteiger charge is 2.25. The van der Waals surface area contributed by atoms with Crippen molar-refractivity contribution >= 4 is 34.9 Å². The summed E-state index contributed by atoms with van der Waals surface area (Å²) in [6.45, 7) is 3.57. The molecule has 3 aromatic heterocycles. The van der Waals surface area contributed by atoms with E-state index in [0.29, 0.717) is 59.9 Å². The Morgan fingerprint density at radius 2 is 1.83 bits per heavy atom. The van der Waals surface area contributed by atoms with E-state index >= 15 is 0 Å². The van der Waals surface area contributed by atoms with Crippen LogP contribution in [0.25, 0.3) is 17.1 Å². The topological polar surface area (TPSA) is 97.1 Å². The van der Waals surface area contributed by atoms with E-state index in [1.54, 1.807) is 56.4 Å². The van der Waals surface area contributed by atoms with Crippen molar-refractivity contribution in [3.8, 4) is 17.1 Å². The van der Waals surface area contributed by atoms with E-state index in [9.17, 15) is 14.0 Å². The number of pyridine rings is 1. The van der Waals surface area contributed by atoms with Crippen LogP contribution in [-0.4, -0.2) is 72.5 Å². The number of amides is 2. The van der Waals surface area contributed by atoms with Gasteiger partial charge >= 0.3 is 0 Å². The van der Waals surface area contributed by atoms with Crippen molar-refractivity contribution in [3.63, 3.8) is 0 Å². The summed E-state index contributed by atoms with van der Waals surface area (Å²) in [4.78, 5) is 36.5. The number of hydrogen-bond acceptors (Lipinski definition) is 8. The summed E-state index contributed by atoms with van der Waals surface area (Å²) in [6, 6.07) is 10.1. The molecule has 0 radical (unpaired) electrons. The molecule has 1 saturated heterocycles. The summed E-state index contributed by atoms with van der Waals surface area (Å²) in [5.41, 5.74) is 1.44. The first-order valence-electron chi connectivity index (χ1n) is 11.2. The van der Waals surface area contributed by atoms with E-state index in [1.807, 2.05) is 6.07 Å². The molecule has 1 aliphatic heterocycles. The van der Waals surface area contributed by atoms with E-state index in [4.69, 9.17) is 0 Å². The maximum absolute atomic E-state index is 14.8. The fourth-order valence-corrected chi connectivity index (χ4v) is 5.61. The molecule has 0 spiro atoms. The third-order valence-corrected chi connectivity index (χ3v) is 7.73. The number of benzene rings is 1. The standard InChI is InChI=1S/C24H22FN7O2S2/c1-16(33)30-9-11-31(12-10-30)23(34)19-14-35-21(27-19)15-36-24-29-28-22(17-5-4-8-26-13-17)32(24)20-7-3-2-6-18(20)25/h2-8,13-14H,9-12,15H2,1H3. The zero-order valence-electron chi connectivity index (χ0n) is 19.4. The van der Waals surface area contributed by atoms with Gasteiger partial charge in [-0.1, -0.05) is 23.9 Å². The quantitative estimate of drug-likeness (QED) is 0.357. The molecule has 1 fully saturated rings. The van der Waals surface area contributed by atoms with Gasteiger partial charge in [0.05, 0.1) is 11.4 Å². The molecule has 12 heteroatoms. The summed E-state index contributed by atoms with van der Waals surface area (Å²) in [5, 5.41) is 11.6. The van der Waals surface area contributed by atoms with Crippen LogP contribution in [0.4, 0.5) is 4.39 Å². The van der Waals surface area contributed by atoms with Gasteiger partial charge in [0.15, 0.2) is 11.0 Å². The SMILES string of the molecule is CC(=O)N1CCN(C(=O)c2csc(CSc3nnc(-c4cccnc4)n3-c3ccccc3F)n2)CC1. The molecule has 5 rings (SSSR count). The van der Waals surface area contributed by atoms with Crippen LogP contribution < -0.4 is 0 Å². The Bertz CT molecular complexity index is 1380. The van der Waals surface area contributed by atoms with Gasteiger partial charge in [-0.3, -0.25) is 19.1 Å². The Balaban J connectivity index is 1.33. The molecule has 9 nitrogen and oxygen atoms in total. The van der Waals surface area contributed by atoms with Gasteiger partial charge in [-0.2, -0.15) is 0 Å². The summed E-state index contributed by atoms with van der Waals surface area (Å²) >= 11 is 2.75. The number of carbonyl (C=O) groups excluding carboxylic acids is 2. The fraction of sp³-hybridized carbons (Fsp3) is 0.250. The van der Waals surface area contributed by atoms with Crippen LogP contribution in [0.15, 0.2) is 59.3 Å². The smallest absolute Gasteiger partial charge is 0.273 e. The molecule has 0 N–H and O–H groups in total. The van der Waals surface area contributed by atoms with Crippen molar-refractivity contribution in [2.24, 2.45) is 0 Å². The predicted octanol–water partition coefficient (Wildman–Crippen LogP) is 3.52. The highest BCUT2D eigenvalue weighted by Crippen LogP contribution is 2.31. The van der Waals surface area contributed by atoms with Crippen LogP contribution in [0.3, 0.4) is 0 Å². The number of aromatic nitrogens is 5. The number of rotatable bonds is 6. The van der Waals surface area contributed by atoms with E-state index in [-0.39, 0.29) is 11.8 Å². The monoisotopic (exact) mass is 523 g/mol. The van der Waals surface area contributed by atoms with Gasteiger partial charge in [0, 0.05) is 56.4 Å². The van der Waals surface area contributed by atoms with Crippen LogP contribution in [0.2, 0.25) is 0 Å². The first-order chi connectivity index (χ1) is 17.5. The Labute approximate surface area is 215 Å². The third-order valence-electron chi connectivity index (χ3n) is 5.75. The second-order valence-electron chi connectivity index (χ2n) is 8.05. The van der Waals surface area contributed by atoms with Gasteiger partial charge in [0.25, 0.3) is 5.91 Å². The molecular formula is C24H22FN7O2S2. The molecule has 2 amide bonds. The second kappa shape index (κ2) is 10.5. The fourth-order valence-electron chi connectivity index (χ4n) is 3.88. The summed E-state index contributed by atoms with van der Waals surface area (Å²) in [6.07, 6.45) is 3.32. The van der Waals surface area contributed by atoms with Gasteiger partial charge in [-0.15, -0.1) is 21.5 Å². The second-order valence-corrected chi connectivity index (χ2v) is 9.93. The van der Waals surface area contributed by atoms with Crippen LogP contribution in [0.1, 0.15) is 22.4 Å². The van der Waals surface area contributed by atoms with Crippen LogP contribution in [0.5, 0.6) is 0 Å². The normalized spacial score (nSPS) is 13.7. The molecule has 36 heavy (non-hydrogen) atoms. The summed E-state index contributed by atoms with van der Waals surface area (Å²) in [5.74, 6) is 0.408. The zero-order chi connectivity index (χ0) is 25.1. The number of carbonyl (C=O) groups is 2. The number of thiazole rings is 1. The van der Waals surface area contributed by atoms with Gasteiger partial charge in [0.2, 0.25) is 5.91 Å². The van der Waals surface area contributed by atoms with Crippen molar-refractivity contribution in [1.82, 2.24) is 34.5 Å². The lowest BCUT2D eigenvalue weighted by Crippen LogP contribution is -2.50. The van der Waals surface area contributed by atoms with Crippen molar-refractivity contribution in [3.05, 3.63) is 70.7 Å². The van der Waals surface area contributed by atoms with E-state index in [0.717, 1.165) is 5.01 Å². The number of nitrogens with zero attached hydrogens (tertiary/aromatic N) is 7. The van der Waals surface area contributed by atoms with E-state index < -0.39 is 5.82 Å². The maximum atomic E-state index is 14.8. The number of hydrogen-bond donors (Lipinski definition) is 0. The van der Waals surface area contributed by atoms with Crippen molar-refractivity contribution in [2.75, 3.05) is 26.2 Å². The predicted molar refractivity (Wildman–Crippen MR) is 134 cm³/mol. The van der Waals surface area contributed by atoms with Crippen molar-refractivity contribution in [1.29, 1.82) is 0 Å². The molecule has 0 atom stereocenters. The van der Waals surface area contributed by atoms with Gasteiger partial charge in [0.1, 0.15) is 16.5 Å². The largest absolute Gasteiger partial charge is 0.339 e. The third kappa shape index (κ3) is 5.00. The Hall–Kier alpha value is -3.64. The number of halogens is 1. The van der Waals surface area contributed by atoms with E-state index in [1.165, 1.54) is 36.1 Å². The molecule has 4 heterocycles. The van der Waals surface area contributed by atoms with Crippen LogP contribution in [-0.2, 0) is 10.5 Å². The lowest BCUT2D eigenvalue weighted by molar-refractivity contribution is -0.130. The first-order valence-corrected chi connectivity index (χ1v) is 13.1. The summed E-state index contributed by atoms with van der Waals surface area (Å²) in [7, 11) is 0. The Kier molecular flexibility index (Phi) is 7.05. The van der Waals surface area contributed by atoms with E-state index in [2.05, 4.69) is 20.2 Å². The minimum absolute atomic E-state index is 0.0185. The zero-order valence-corrected chi connectivity index (χ0v) is 21.0. The van der Waals surface area contributed by atoms with Crippen LogP contribution >= 0.6 is 23.1 Å². The first kappa shape index (κ1) is 24.1. The van der Waals surface area contributed by atoms with Gasteiger partial charge < -0.3 is 9.80 Å². The highest BCUT2D eigenvalue weighted by atomic mass is 32.2. The lowest BCUT2D eigenvalue weighted by Gasteiger charge is -2.33. The van der Waals surface area contributed by atoms with Gasteiger partial charge in [-0.05, 0) is 24.3 Å². The average molecular weight is 524 g/mol. The number of thioether (sulfide) groups is 1. The highest BCUT2D eigenvalue weighted by molar-refractivity contribution is 7.98. The number of para-hydroxylation sites is 1. The molecule has 0 bridgehead atoms. The molecule has 0 saturated carbocycles. The molecule has 0 unspecified atom stereocenters. The average Bonchev–Trinajstić information content (AvgIpc) is 3.55. The molecule has 184 valence electrons. The molecule has 1 aromatic carbocycles. The number of piperazine rings is 1. The lowest BCUT2D eigenvalue weighted by atomic mass is 10.2. The Morgan fingerprint density at radius 3 is 2.56 bits per heavy atom. The van der Waals surface area contributed by atoms with Crippen LogP contribution in [0, 0.1) is 5.82 Å².